The Kier molecular flexibility index (Phi) is 7.98. The molecule has 0 aliphatic heterocycles. The van der Waals surface area contributed by atoms with Crippen LogP contribution in [0, 0.1) is 0 Å². The van der Waals surface area contributed by atoms with Gasteiger partial charge in [0.05, 0.1) is 17.0 Å². The first-order valence-electron chi connectivity index (χ1n) is 9.62. The summed E-state index contributed by atoms with van der Waals surface area (Å²) in [6.45, 7) is 0. The standard InChI is InChI=1S/C22H14BrClF3N3OS3/c23-14-3-1-12(2-4-14)18-10-32-21(29-18)33-11-19(31)30-20-28-9-16(34-20)8-13-7-15(24)5-6-17(13)22(25,26)27/h1-7,9-10H,8,11H2,(H,28,30,31). The molecule has 1 N–H and O–H groups in total. The lowest BCUT2D eigenvalue weighted by Gasteiger charge is -2.12. The number of amides is 1. The van der Waals surface area contributed by atoms with E-state index in [1.807, 2.05) is 29.6 Å². The van der Waals surface area contributed by atoms with Crippen LogP contribution in [0.5, 0.6) is 0 Å². The van der Waals surface area contributed by atoms with Gasteiger partial charge in [-0.1, -0.05) is 51.4 Å². The molecule has 0 bridgehead atoms. The van der Waals surface area contributed by atoms with Gasteiger partial charge in [-0.15, -0.1) is 22.7 Å². The van der Waals surface area contributed by atoms with E-state index in [0.717, 1.165) is 37.5 Å². The second-order valence-electron chi connectivity index (χ2n) is 6.95. The van der Waals surface area contributed by atoms with Crippen LogP contribution in [-0.2, 0) is 17.4 Å². The quantitative estimate of drug-likeness (QED) is 0.217. The van der Waals surface area contributed by atoms with Crippen molar-refractivity contribution in [1.29, 1.82) is 0 Å². The van der Waals surface area contributed by atoms with Gasteiger partial charge in [0, 0.05) is 37.9 Å². The van der Waals surface area contributed by atoms with E-state index in [2.05, 4.69) is 31.2 Å². The number of nitrogens with one attached hydrogen (secondary N) is 1. The Bertz CT molecular complexity index is 1310. The number of hydrogen-bond acceptors (Lipinski definition) is 6. The van der Waals surface area contributed by atoms with Crippen LogP contribution in [-0.4, -0.2) is 21.6 Å². The molecule has 2 aromatic heterocycles. The van der Waals surface area contributed by atoms with Gasteiger partial charge in [0.25, 0.3) is 0 Å². The van der Waals surface area contributed by atoms with Gasteiger partial charge >= 0.3 is 6.18 Å². The number of alkyl halides is 3. The van der Waals surface area contributed by atoms with E-state index in [4.69, 9.17) is 11.6 Å². The molecule has 0 saturated carbocycles. The van der Waals surface area contributed by atoms with Gasteiger partial charge in [-0.3, -0.25) is 4.79 Å². The maximum Gasteiger partial charge on any atom is 0.416 e. The van der Waals surface area contributed by atoms with Crippen LogP contribution in [0.3, 0.4) is 0 Å². The molecule has 4 aromatic rings. The highest BCUT2D eigenvalue weighted by molar-refractivity contribution is 9.10. The molecule has 0 fully saturated rings. The number of anilines is 1. The van der Waals surface area contributed by atoms with Crippen molar-refractivity contribution in [3.63, 3.8) is 0 Å². The maximum atomic E-state index is 13.3. The van der Waals surface area contributed by atoms with Gasteiger partial charge in [0.2, 0.25) is 5.91 Å². The molecule has 12 heteroatoms. The zero-order valence-corrected chi connectivity index (χ0v) is 21.8. The number of halogens is 5. The number of benzene rings is 2. The minimum atomic E-state index is -4.48. The third-order valence-electron chi connectivity index (χ3n) is 4.49. The van der Waals surface area contributed by atoms with E-state index < -0.39 is 11.7 Å². The Morgan fingerprint density at radius 1 is 1.18 bits per heavy atom. The summed E-state index contributed by atoms with van der Waals surface area (Å²) in [4.78, 5) is 21.6. The van der Waals surface area contributed by atoms with Crippen LogP contribution in [0.2, 0.25) is 5.02 Å². The summed E-state index contributed by atoms with van der Waals surface area (Å²) in [6.07, 6.45) is -3.01. The Morgan fingerprint density at radius 3 is 2.68 bits per heavy atom. The van der Waals surface area contributed by atoms with Crippen LogP contribution in [0.15, 0.2) is 62.9 Å². The molecule has 1 amide bonds. The average Bonchev–Trinajstić information content (AvgIpc) is 3.42. The van der Waals surface area contributed by atoms with E-state index in [9.17, 15) is 18.0 Å². The lowest BCUT2D eigenvalue weighted by molar-refractivity contribution is -0.138. The molecule has 176 valence electrons. The van der Waals surface area contributed by atoms with Crippen molar-refractivity contribution in [2.75, 3.05) is 11.1 Å². The third-order valence-corrected chi connectivity index (χ3v) is 8.18. The van der Waals surface area contributed by atoms with Crippen molar-refractivity contribution in [3.8, 4) is 11.3 Å². The van der Waals surface area contributed by atoms with Gasteiger partial charge in [0.1, 0.15) is 0 Å². The van der Waals surface area contributed by atoms with Crippen molar-refractivity contribution in [1.82, 2.24) is 9.97 Å². The zero-order valence-electron chi connectivity index (χ0n) is 17.0. The Hall–Kier alpha value is -1.92. The predicted octanol–water partition coefficient (Wildman–Crippen LogP) is 8.02. The molecule has 4 rings (SSSR count). The van der Waals surface area contributed by atoms with Crippen LogP contribution in [0.4, 0.5) is 18.3 Å². The van der Waals surface area contributed by atoms with Crippen molar-refractivity contribution in [2.24, 2.45) is 0 Å². The molecule has 34 heavy (non-hydrogen) atoms. The Morgan fingerprint density at radius 2 is 1.94 bits per heavy atom. The Labute approximate surface area is 218 Å². The van der Waals surface area contributed by atoms with E-state index in [0.29, 0.717) is 10.0 Å². The first kappa shape index (κ1) is 25.2. The molecule has 0 unspecified atom stereocenters. The van der Waals surface area contributed by atoms with Crippen molar-refractivity contribution in [2.45, 2.75) is 16.9 Å². The molecule has 0 atom stereocenters. The van der Waals surface area contributed by atoms with Crippen LogP contribution >= 0.6 is 62.0 Å². The highest BCUT2D eigenvalue weighted by Crippen LogP contribution is 2.35. The first-order valence-corrected chi connectivity index (χ1v) is 13.5. The molecule has 0 spiro atoms. The molecular weight excluding hydrogens is 591 g/mol. The second kappa shape index (κ2) is 10.8. The summed E-state index contributed by atoms with van der Waals surface area (Å²) >= 11 is 13.2. The fraction of sp³-hybridized carbons (Fsp3) is 0.136. The molecule has 0 saturated heterocycles. The zero-order chi connectivity index (χ0) is 24.3. The fourth-order valence-corrected chi connectivity index (χ4v) is 5.93. The number of thiazole rings is 2. The SMILES string of the molecule is O=C(CSc1nc(-c2ccc(Br)cc2)cs1)Nc1ncc(Cc2cc(Cl)ccc2C(F)(F)F)s1. The van der Waals surface area contributed by atoms with E-state index in [1.165, 1.54) is 41.4 Å². The first-order chi connectivity index (χ1) is 16.2. The second-order valence-corrected chi connectivity index (χ2v) is 11.5. The number of hydrogen-bond donors (Lipinski definition) is 1. The Balaban J connectivity index is 1.34. The number of carbonyl (C=O) groups excluding carboxylic acids is 1. The summed E-state index contributed by atoms with van der Waals surface area (Å²) in [5.74, 6) is -0.139. The number of thioether (sulfide) groups is 1. The largest absolute Gasteiger partial charge is 0.416 e. The monoisotopic (exact) mass is 603 g/mol. The smallest absolute Gasteiger partial charge is 0.301 e. The van der Waals surface area contributed by atoms with Crippen molar-refractivity contribution < 1.29 is 18.0 Å². The molecule has 0 aliphatic carbocycles. The molecule has 0 aliphatic rings. The van der Waals surface area contributed by atoms with Crippen molar-refractivity contribution >= 4 is 73.0 Å². The molecule has 0 radical (unpaired) electrons. The lowest BCUT2D eigenvalue weighted by atomic mass is 10.0. The van der Waals surface area contributed by atoms with Crippen LogP contribution < -0.4 is 5.32 Å². The summed E-state index contributed by atoms with van der Waals surface area (Å²) in [5, 5.41) is 5.17. The predicted molar refractivity (Wildman–Crippen MR) is 136 cm³/mol. The van der Waals surface area contributed by atoms with Gasteiger partial charge < -0.3 is 5.32 Å². The van der Waals surface area contributed by atoms with Crippen molar-refractivity contribution in [3.05, 3.63) is 79.5 Å². The molecule has 2 aromatic carbocycles. The van der Waals surface area contributed by atoms with Gasteiger partial charge in [0.15, 0.2) is 9.47 Å². The number of aromatic nitrogens is 2. The molecule has 2 heterocycles. The number of rotatable bonds is 7. The summed E-state index contributed by atoms with van der Waals surface area (Å²) in [7, 11) is 0. The molecule has 4 nitrogen and oxygen atoms in total. The minimum Gasteiger partial charge on any atom is -0.301 e. The normalized spacial score (nSPS) is 11.6. The topological polar surface area (TPSA) is 54.9 Å². The van der Waals surface area contributed by atoms with E-state index in [-0.39, 0.29) is 28.7 Å². The maximum absolute atomic E-state index is 13.3. The highest BCUT2D eigenvalue weighted by atomic mass is 79.9. The summed E-state index contributed by atoms with van der Waals surface area (Å²) in [5.41, 5.74) is 1.14. The average molecular weight is 605 g/mol. The van der Waals surface area contributed by atoms with E-state index >= 15 is 0 Å². The number of carbonyl (C=O) groups is 1. The third kappa shape index (κ3) is 6.60. The van der Waals surface area contributed by atoms with E-state index in [1.54, 1.807) is 0 Å². The van der Waals surface area contributed by atoms with Gasteiger partial charge in [-0.2, -0.15) is 13.2 Å². The summed E-state index contributed by atoms with van der Waals surface area (Å²) < 4.78 is 41.6. The van der Waals surface area contributed by atoms with Crippen LogP contribution in [0.25, 0.3) is 11.3 Å². The van der Waals surface area contributed by atoms with Gasteiger partial charge in [-0.05, 0) is 35.9 Å². The summed E-state index contributed by atoms with van der Waals surface area (Å²) in [6, 6.07) is 11.3. The lowest BCUT2D eigenvalue weighted by Crippen LogP contribution is -2.13. The van der Waals surface area contributed by atoms with Crippen LogP contribution in [0.1, 0.15) is 16.0 Å². The number of nitrogens with zero attached hydrogens (tertiary/aromatic N) is 2. The minimum absolute atomic E-state index is 0.00956. The highest BCUT2D eigenvalue weighted by Gasteiger charge is 2.33. The fourth-order valence-electron chi connectivity index (χ4n) is 2.98. The van der Waals surface area contributed by atoms with Gasteiger partial charge in [-0.25, -0.2) is 9.97 Å². The molecular formula is C22H14BrClF3N3OS3.